The second kappa shape index (κ2) is 7.54. The summed E-state index contributed by atoms with van der Waals surface area (Å²) in [5.41, 5.74) is 4.75. The Morgan fingerprint density at radius 1 is 1.23 bits per heavy atom. The highest BCUT2D eigenvalue weighted by molar-refractivity contribution is 7.99. The quantitative estimate of drug-likeness (QED) is 0.684. The van der Waals surface area contributed by atoms with Gasteiger partial charge in [0.2, 0.25) is 5.91 Å². The summed E-state index contributed by atoms with van der Waals surface area (Å²) in [6, 6.07) is 16.7. The molecule has 4 rings (SSSR count). The number of benzene rings is 2. The maximum Gasteiger partial charge on any atom is 0.230 e. The third-order valence-corrected chi connectivity index (χ3v) is 5.95. The van der Waals surface area contributed by atoms with Gasteiger partial charge in [0.05, 0.1) is 22.8 Å². The lowest BCUT2D eigenvalue weighted by molar-refractivity contribution is -0.119. The monoisotopic (exact) mass is 365 g/mol. The number of imidazole rings is 1. The van der Waals surface area contributed by atoms with E-state index in [1.165, 1.54) is 22.9 Å². The van der Waals surface area contributed by atoms with E-state index in [0.29, 0.717) is 5.75 Å². The molecule has 26 heavy (non-hydrogen) atoms. The normalized spacial score (nSPS) is 16.4. The Morgan fingerprint density at radius 2 is 2.04 bits per heavy atom. The van der Waals surface area contributed by atoms with Gasteiger partial charge in [0.25, 0.3) is 0 Å². The highest BCUT2D eigenvalue weighted by Gasteiger charge is 2.21. The first kappa shape index (κ1) is 17.2. The number of nitrogens with zero attached hydrogens (tertiary/aromatic N) is 2. The van der Waals surface area contributed by atoms with Crippen LogP contribution in [0, 0.1) is 0 Å². The average Bonchev–Trinajstić information content (AvgIpc) is 3.04. The number of hydrogen-bond acceptors (Lipinski definition) is 3. The lowest BCUT2D eigenvalue weighted by atomic mass is 9.88. The zero-order chi connectivity index (χ0) is 17.9. The Morgan fingerprint density at radius 3 is 2.92 bits per heavy atom. The van der Waals surface area contributed by atoms with E-state index in [0.717, 1.165) is 42.0 Å². The van der Waals surface area contributed by atoms with Crippen LogP contribution in [-0.4, -0.2) is 21.2 Å². The average molecular weight is 366 g/mol. The number of aryl methyl sites for hydroxylation is 2. The van der Waals surface area contributed by atoms with Crippen molar-refractivity contribution in [2.75, 3.05) is 5.75 Å². The molecule has 1 atom stereocenters. The molecule has 4 nitrogen and oxygen atoms in total. The van der Waals surface area contributed by atoms with Gasteiger partial charge < -0.3 is 9.88 Å². The molecule has 2 aromatic carbocycles. The molecular weight excluding hydrogens is 342 g/mol. The Bertz CT molecular complexity index is 934. The number of rotatable bonds is 5. The number of para-hydroxylation sites is 2. The molecule has 1 aromatic heterocycles. The summed E-state index contributed by atoms with van der Waals surface area (Å²) in [5.74, 6) is 0.466. The van der Waals surface area contributed by atoms with Gasteiger partial charge in [-0.15, -0.1) is 0 Å². The summed E-state index contributed by atoms with van der Waals surface area (Å²) in [6.45, 7) is 2.96. The molecule has 1 aliphatic rings. The van der Waals surface area contributed by atoms with E-state index in [1.807, 2.05) is 18.2 Å². The molecule has 0 radical (unpaired) electrons. The first-order chi connectivity index (χ1) is 12.8. The second-order valence-electron chi connectivity index (χ2n) is 6.63. The summed E-state index contributed by atoms with van der Waals surface area (Å²) >= 11 is 1.52. The van der Waals surface area contributed by atoms with Crippen molar-refractivity contribution in [2.24, 2.45) is 0 Å². The molecule has 1 heterocycles. The van der Waals surface area contributed by atoms with Crippen LogP contribution < -0.4 is 5.32 Å². The molecule has 3 aromatic rings. The highest BCUT2D eigenvalue weighted by Crippen LogP contribution is 2.30. The Kier molecular flexibility index (Phi) is 4.98. The molecule has 1 amide bonds. The van der Waals surface area contributed by atoms with Crippen LogP contribution in [0.5, 0.6) is 0 Å². The molecule has 1 N–H and O–H groups in total. The fraction of sp³-hybridized carbons (Fsp3) is 0.333. The van der Waals surface area contributed by atoms with Crippen molar-refractivity contribution in [1.29, 1.82) is 0 Å². The topological polar surface area (TPSA) is 46.9 Å². The molecule has 0 aliphatic heterocycles. The summed E-state index contributed by atoms with van der Waals surface area (Å²) in [6.07, 6.45) is 3.25. The number of aromatic nitrogens is 2. The molecule has 134 valence electrons. The molecule has 5 heteroatoms. The van der Waals surface area contributed by atoms with Gasteiger partial charge in [0.1, 0.15) is 0 Å². The standard InChI is InChI=1S/C21H23N3OS/c1-2-24-19-13-6-5-11-18(19)23-21(24)26-14-20(25)22-17-12-7-9-15-8-3-4-10-16(15)17/h3-6,8,10-11,13,17H,2,7,9,12,14H2,1H3,(H,22,25). The van der Waals surface area contributed by atoms with E-state index in [-0.39, 0.29) is 11.9 Å². The minimum Gasteiger partial charge on any atom is -0.349 e. The Balaban J connectivity index is 1.44. The van der Waals surface area contributed by atoms with Crippen LogP contribution >= 0.6 is 11.8 Å². The number of amides is 1. The van der Waals surface area contributed by atoms with Crippen molar-refractivity contribution < 1.29 is 4.79 Å². The van der Waals surface area contributed by atoms with Crippen LogP contribution in [0.1, 0.15) is 36.9 Å². The summed E-state index contributed by atoms with van der Waals surface area (Å²) in [7, 11) is 0. The predicted octanol–water partition coefficient (Wildman–Crippen LogP) is 4.34. The minimum atomic E-state index is 0.0754. The number of thioether (sulfide) groups is 1. The fourth-order valence-electron chi connectivity index (χ4n) is 3.74. The third kappa shape index (κ3) is 3.36. The molecule has 0 saturated carbocycles. The maximum absolute atomic E-state index is 12.5. The Hall–Kier alpha value is -2.27. The van der Waals surface area contributed by atoms with E-state index in [4.69, 9.17) is 0 Å². The third-order valence-electron chi connectivity index (χ3n) is 4.97. The van der Waals surface area contributed by atoms with Gasteiger partial charge in [0, 0.05) is 6.54 Å². The van der Waals surface area contributed by atoms with Gasteiger partial charge in [-0.05, 0) is 49.4 Å². The van der Waals surface area contributed by atoms with Gasteiger partial charge in [-0.2, -0.15) is 0 Å². The van der Waals surface area contributed by atoms with Gasteiger partial charge in [-0.1, -0.05) is 48.2 Å². The molecule has 1 aliphatic carbocycles. The SMILES string of the molecule is CCn1c(SCC(=O)NC2CCCc3ccccc32)nc2ccccc21. The van der Waals surface area contributed by atoms with Gasteiger partial charge in [0.15, 0.2) is 5.16 Å². The van der Waals surface area contributed by atoms with E-state index in [2.05, 4.69) is 52.1 Å². The highest BCUT2D eigenvalue weighted by atomic mass is 32.2. The molecule has 0 fully saturated rings. The predicted molar refractivity (Wildman–Crippen MR) is 106 cm³/mol. The summed E-state index contributed by atoms with van der Waals surface area (Å²) < 4.78 is 2.17. The van der Waals surface area contributed by atoms with Crippen molar-refractivity contribution in [3.8, 4) is 0 Å². The van der Waals surface area contributed by atoms with Gasteiger partial charge in [-0.25, -0.2) is 4.98 Å². The fourth-order valence-corrected chi connectivity index (χ4v) is 4.63. The number of hydrogen-bond donors (Lipinski definition) is 1. The first-order valence-electron chi connectivity index (χ1n) is 9.21. The zero-order valence-corrected chi connectivity index (χ0v) is 15.8. The lowest BCUT2D eigenvalue weighted by Crippen LogP contribution is -2.32. The van der Waals surface area contributed by atoms with Crippen molar-refractivity contribution in [3.05, 3.63) is 59.7 Å². The van der Waals surface area contributed by atoms with Crippen molar-refractivity contribution >= 4 is 28.7 Å². The molecule has 0 spiro atoms. The van der Waals surface area contributed by atoms with E-state index in [9.17, 15) is 4.79 Å². The Labute approximate surface area is 158 Å². The first-order valence-corrected chi connectivity index (χ1v) is 10.2. The van der Waals surface area contributed by atoms with E-state index in [1.54, 1.807) is 0 Å². The van der Waals surface area contributed by atoms with Crippen LogP contribution in [0.15, 0.2) is 53.7 Å². The number of fused-ring (bicyclic) bond motifs is 2. The summed E-state index contributed by atoms with van der Waals surface area (Å²) in [5, 5.41) is 4.13. The number of carbonyl (C=O) groups is 1. The molecule has 0 saturated heterocycles. The second-order valence-corrected chi connectivity index (χ2v) is 7.57. The lowest BCUT2D eigenvalue weighted by Gasteiger charge is -2.26. The van der Waals surface area contributed by atoms with Crippen LogP contribution in [-0.2, 0) is 17.8 Å². The molecular formula is C21H23N3OS. The molecule has 1 unspecified atom stereocenters. The van der Waals surface area contributed by atoms with Gasteiger partial charge >= 0.3 is 0 Å². The van der Waals surface area contributed by atoms with Gasteiger partial charge in [-0.3, -0.25) is 4.79 Å². The maximum atomic E-state index is 12.5. The smallest absolute Gasteiger partial charge is 0.230 e. The largest absolute Gasteiger partial charge is 0.349 e. The molecule has 0 bridgehead atoms. The van der Waals surface area contributed by atoms with E-state index < -0.39 is 0 Å². The van der Waals surface area contributed by atoms with Crippen molar-refractivity contribution in [2.45, 2.75) is 43.9 Å². The number of nitrogens with one attached hydrogen (secondary N) is 1. The minimum absolute atomic E-state index is 0.0754. The van der Waals surface area contributed by atoms with Crippen LogP contribution in [0.2, 0.25) is 0 Å². The zero-order valence-electron chi connectivity index (χ0n) is 14.9. The van der Waals surface area contributed by atoms with Crippen LogP contribution in [0.3, 0.4) is 0 Å². The number of carbonyl (C=O) groups excluding carboxylic acids is 1. The summed E-state index contributed by atoms with van der Waals surface area (Å²) in [4.78, 5) is 17.2. The van der Waals surface area contributed by atoms with Crippen molar-refractivity contribution in [1.82, 2.24) is 14.9 Å². The van der Waals surface area contributed by atoms with E-state index >= 15 is 0 Å². The van der Waals surface area contributed by atoms with Crippen molar-refractivity contribution in [3.63, 3.8) is 0 Å². The van der Waals surface area contributed by atoms with Crippen LogP contribution in [0.25, 0.3) is 11.0 Å². The van der Waals surface area contributed by atoms with Crippen LogP contribution in [0.4, 0.5) is 0 Å².